The number of hydrogen-bond donors (Lipinski definition) is 0. The summed E-state index contributed by atoms with van der Waals surface area (Å²) in [4.78, 5) is 14.2. The van der Waals surface area contributed by atoms with Crippen molar-refractivity contribution in [2.75, 3.05) is 13.2 Å². The van der Waals surface area contributed by atoms with Gasteiger partial charge >= 0.3 is 5.97 Å². The fraction of sp³-hybridized carbons (Fsp3) is 0.733. The van der Waals surface area contributed by atoms with Gasteiger partial charge < -0.3 is 4.74 Å². The second kappa shape index (κ2) is 6.88. The quantitative estimate of drug-likeness (QED) is 0.776. The lowest BCUT2D eigenvalue weighted by Crippen LogP contribution is -2.45. The molecule has 5 heteroatoms. The van der Waals surface area contributed by atoms with Gasteiger partial charge in [0.25, 0.3) is 0 Å². The summed E-state index contributed by atoms with van der Waals surface area (Å²) in [7, 11) is 0. The van der Waals surface area contributed by atoms with Gasteiger partial charge in [-0.25, -0.2) is 0 Å². The third-order valence-electron chi connectivity index (χ3n) is 3.73. The second-order valence-corrected chi connectivity index (χ2v) is 5.61. The minimum atomic E-state index is -0.104. The van der Waals surface area contributed by atoms with E-state index < -0.39 is 0 Å². The van der Waals surface area contributed by atoms with Gasteiger partial charge in [0, 0.05) is 18.8 Å². The van der Waals surface area contributed by atoms with Crippen molar-refractivity contribution in [3.8, 4) is 0 Å². The largest absolute Gasteiger partial charge is 0.465 e. The SMILES string of the molecule is CCOC(=O)C1CCCCN1Cc1ccn(C(C)C)n1. The molecule has 0 aromatic carbocycles. The van der Waals surface area contributed by atoms with Crippen molar-refractivity contribution in [1.82, 2.24) is 14.7 Å². The van der Waals surface area contributed by atoms with Gasteiger partial charge in [0.1, 0.15) is 6.04 Å². The average molecular weight is 279 g/mol. The van der Waals surface area contributed by atoms with Crippen LogP contribution in [0.1, 0.15) is 51.8 Å². The molecule has 2 rings (SSSR count). The van der Waals surface area contributed by atoms with Crippen LogP contribution in [0, 0.1) is 0 Å². The van der Waals surface area contributed by atoms with Crippen molar-refractivity contribution in [2.24, 2.45) is 0 Å². The summed E-state index contributed by atoms with van der Waals surface area (Å²) in [6.45, 7) is 8.19. The molecule has 20 heavy (non-hydrogen) atoms. The molecule has 1 aromatic heterocycles. The Morgan fingerprint density at radius 1 is 1.50 bits per heavy atom. The van der Waals surface area contributed by atoms with Crippen LogP contribution in [0.4, 0.5) is 0 Å². The van der Waals surface area contributed by atoms with Crippen LogP contribution < -0.4 is 0 Å². The van der Waals surface area contributed by atoms with Gasteiger partial charge in [0.15, 0.2) is 0 Å². The third kappa shape index (κ3) is 3.60. The highest BCUT2D eigenvalue weighted by atomic mass is 16.5. The lowest BCUT2D eigenvalue weighted by Gasteiger charge is -2.33. The van der Waals surface area contributed by atoms with Crippen molar-refractivity contribution in [3.63, 3.8) is 0 Å². The molecule has 0 aliphatic carbocycles. The topological polar surface area (TPSA) is 47.4 Å². The molecule has 0 saturated carbocycles. The van der Waals surface area contributed by atoms with Crippen molar-refractivity contribution < 1.29 is 9.53 Å². The van der Waals surface area contributed by atoms with Crippen molar-refractivity contribution in [2.45, 2.75) is 58.7 Å². The zero-order valence-electron chi connectivity index (χ0n) is 12.7. The Labute approximate surface area is 120 Å². The lowest BCUT2D eigenvalue weighted by molar-refractivity contribution is -0.151. The molecule has 1 unspecified atom stereocenters. The molecule has 1 aromatic rings. The highest BCUT2D eigenvalue weighted by Crippen LogP contribution is 2.20. The average Bonchev–Trinajstić information content (AvgIpc) is 2.88. The number of aromatic nitrogens is 2. The monoisotopic (exact) mass is 279 g/mol. The smallest absolute Gasteiger partial charge is 0.323 e. The van der Waals surface area contributed by atoms with Gasteiger partial charge in [0.2, 0.25) is 0 Å². The Balaban J connectivity index is 2.02. The van der Waals surface area contributed by atoms with Crippen molar-refractivity contribution in [1.29, 1.82) is 0 Å². The highest BCUT2D eigenvalue weighted by Gasteiger charge is 2.30. The number of carbonyl (C=O) groups excluding carboxylic acids is 1. The predicted octanol–water partition coefficient (Wildman–Crippen LogP) is 2.38. The van der Waals surface area contributed by atoms with Crippen LogP contribution in [0.5, 0.6) is 0 Å². The fourth-order valence-corrected chi connectivity index (χ4v) is 2.64. The van der Waals surface area contributed by atoms with Gasteiger partial charge in [-0.15, -0.1) is 0 Å². The number of piperidine rings is 1. The maximum atomic E-state index is 12.0. The summed E-state index contributed by atoms with van der Waals surface area (Å²) < 4.78 is 7.14. The Morgan fingerprint density at radius 3 is 2.95 bits per heavy atom. The highest BCUT2D eigenvalue weighted by molar-refractivity contribution is 5.75. The number of ether oxygens (including phenoxy) is 1. The second-order valence-electron chi connectivity index (χ2n) is 5.61. The third-order valence-corrected chi connectivity index (χ3v) is 3.73. The molecular formula is C15H25N3O2. The molecular weight excluding hydrogens is 254 g/mol. The molecule has 5 nitrogen and oxygen atoms in total. The Morgan fingerprint density at radius 2 is 2.30 bits per heavy atom. The maximum absolute atomic E-state index is 12.0. The van der Waals surface area contributed by atoms with E-state index in [1.54, 1.807) is 0 Å². The van der Waals surface area contributed by atoms with E-state index in [2.05, 4.69) is 23.8 Å². The lowest BCUT2D eigenvalue weighted by atomic mass is 10.0. The molecule has 1 aliphatic heterocycles. The minimum absolute atomic E-state index is 0.0875. The standard InChI is InChI=1S/C15H25N3O2/c1-4-20-15(19)14-7-5-6-9-17(14)11-13-8-10-18(16-13)12(2)3/h8,10,12,14H,4-7,9,11H2,1-3H3. The van der Waals surface area contributed by atoms with Crippen LogP contribution in [0.2, 0.25) is 0 Å². The van der Waals surface area contributed by atoms with Crippen molar-refractivity contribution in [3.05, 3.63) is 18.0 Å². The molecule has 1 atom stereocenters. The number of hydrogen-bond acceptors (Lipinski definition) is 4. The van der Waals surface area contributed by atoms with E-state index in [9.17, 15) is 4.79 Å². The zero-order valence-corrected chi connectivity index (χ0v) is 12.7. The summed E-state index contributed by atoms with van der Waals surface area (Å²) in [5, 5.41) is 4.57. The van der Waals surface area contributed by atoms with E-state index in [-0.39, 0.29) is 12.0 Å². The van der Waals surface area contributed by atoms with Crippen LogP contribution in [0.15, 0.2) is 12.3 Å². The first kappa shape index (κ1) is 15.0. The van der Waals surface area contributed by atoms with Crippen LogP contribution in [-0.2, 0) is 16.1 Å². The Hall–Kier alpha value is -1.36. The Bertz CT molecular complexity index is 442. The Kier molecular flexibility index (Phi) is 5.17. The van der Waals surface area contributed by atoms with Crippen LogP contribution in [-0.4, -0.2) is 39.8 Å². The van der Waals surface area contributed by atoms with Crippen LogP contribution in [0.3, 0.4) is 0 Å². The van der Waals surface area contributed by atoms with Crippen LogP contribution in [0.25, 0.3) is 0 Å². The summed E-state index contributed by atoms with van der Waals surface area (Å²) in [6, 6.07) is 2.30. The summed E-state index contributed by atoms with van der Waals surface area (Å²) in [5.41, 5.74) is 1.02. The van der Waals surface area contributed by atoms with Gasteiger partial charge in [-0.2, -0.15) is 5.10 Å². The van der Waals surface area contributed by atoms with Gasteiger partial charge in [0.05, 0.1) is 12.3 Å². The summed E-state index contributed by atoms with van der Waals surface area (Å²) in [6.07, 6.45) is 5.13. The summed E-state index contributed by atoms with van der Waals surface area (Å²) >= 11 is 0. The maximum Gasteiger partial charge on any atom is 0.323 e. The first-order chi connectivity index (χ1) is 9.61. The van der Waals surface area contributed by atoms with Gasteiger partial charge in [-0.05, 0) is 46.2 Å². The first-order valence-electron chi connectivity index (χ1n) is 7.56. The van der Waals surface area contributed by atoms with E-state index in [0.29, 0.717) is 12.6 Å². The molecule has 0 bridgehead atoms. The molecule has 2 heterocycles. The van der Waals surface area contributed by atoms with Crippen LogP contribution >= 0.6 is 0 Å². The first-order valence-corrected chi connectivity index (χ1v) is 7.56. The molecule has 0 N–H and O–H groups in total. The number of likely N-dealkylation sites (tertiary alicyclic amines) is 1. The minimum Gasteiger partial charge on any atom is -0.465 e. The summed E-state index contributed by atoms with van der Waals surface area (Å²) in [5.74, 6) is -0.0875. The molecule has 0 radical (unpaired) electrons. The molecule has 1 aliphatic rings. The van der Waals surface area contributed by atoms with Crippen molar-refractivity contribution >= 4 is 5.97 Å². The number of nitrogens with zero attached hydrogens (tertiary/aromatic N) is 3. The van der Waals surface area contributed by atoms with E-state index in [1.165, 1.54) is 0 Å². The van der Waals surface area contributed by atoms with E-state index in [4.69, 9.17) is 4.74 Å². The molecule has 0 amide bonds. The van der Waals surface area contributed by atoms with Gasteiger partial charge in [-0.1, -0.05) is 6.42 Å². The molecule has 112 valence electrons. The number of esters is 1. The number of carbonyl (C=O) groups is 1. The predicted molar refractivity (Wildman–Crippen MR) is 77.3 cm³/mol. The molecule has 0 spiro atoms. The molecule has 1 fully saturated rings. The normalized spacial score (nSPS) is 20.3. The van der Waals surface area contributed by atoms with E-state index >= 15 is 0 Å². The number of rotatable bonds is 5. The fourth-order valence-electron chi connectivity index (χ4n) is 2.64. The zero-order chi connectivity index (χ0) is 14.5. The van der Waals surface area contributed by atoms with Gasteiger partial charge in [-0.3, -0.25) is 14.4 Å². The molecule has 1 saturated heterocycles. The van der Waals surface area contributed by atoms with E-state index in [0.717, 1.165) is 38.0 Å². The van der Waals surface area contributed by atoms with E-state index in [1.807, 2.05) is 23.9 Å².